The standard InChI is InChI=1S/C31H33FN8O2/c1-20(38-13-5-6-14-38)25(17-33)31(41)39-15-7-8-21(18-39)40-30-27(29(34)35-19-36-30)28(37-40)24-12-11-23(16-26(24)32)42-22-9-3-2-4-10-22/h2-4,9-12,16,19-21,25H,5-8,13-15,18H2,1H3,(H2,34,35,36)/t20?,21-,25?/m1/s1. The van der Waals surface area contributed by atoms with E-state index in [4.69, 9.17) is 15.6 Å². The van der Waals surface area contributed by atoms with Crippen molar-refractivity contribution in [3.05, 3.63) is 60.7 Å². The van der Waals surface area contributed by atoms with Gasteiger partial charge in [-0.2, -0.15) is 10.4 Å². The van der Waals surface area contributed by atoms with Crippen LogP contribution in [0.25, 0.3) is 22.3 Å². The summed E-state index contributed by atoms with van der Waals surface area (Å²) >= 11 is 0. The van der Waals surface area contributed by atoms with Crippen LogP contribution in [0.3, 0.4) is 0 Å². The molecule has 4 aromatic rings. The van der Waals surface area contributed by atoms with Crippen LogP contribution in [-0.2, 0) is 4.79 Å². The number of aromatic nitrogens is 4. The van der Waals surface area contributed by atoms with Crippen LogP contribution in [0.5, 0.6) is 11.5 Å². The van der Waals surface area contributed by atoms with Crippen LogP contribution >= 0.6 is 0 Å². The Hall–Kier alpha value is -4.56. The molecule has 0 aliphatic carbocycles. The number of likely N-dealkylation sites (tertiary alicyclic amines) is 2. The second-order valence-corrected chi connectivity index (χ2v) is 11.0. The lowest BCUT2D eigenvalue weighted by atomic mass is 9.97. The van der Waals surface area contributed by atoms with Crippen molar-refractivity contribution in [1.29, 1.82) is 5.26 Å². The van der Waals surface area contributed by atoms with Crippen molar-refractivity contribution in [3.8, 4) is 28.8 Å². The first kappa shape index (κ1) is 27.6. The van der Waals surface area contributed by atoms with E-state index in [0.717, 1.165) is 38.8 Å². The summed E-state index contributed by atoms with van der Waals surface area (Å²) in [6.45, 7) is 4.73. The van der Waals surface area contributed by atoms with Crippen LogP contribution in [0.1, 0.15) is 38.6 Å². The number of fused-ring (bicyclic) bond motifs is 1. The number of anilines is 1. The van der Waals surface area contributed by atoms with Crippen LogP contribution in [-0.4, -0.2) is 67.7 Å². The maximum absolute atomic E-state index is 15.6. The Bertz CT molecular complexity index is 1630. The molecule has 2 saturated heterocycles. The second kappa shape index (κ2) is 11.7. The summed E-state index contributed by atoms with van der Waals surface area (Å²) in [7, 11) is 0. The van der Waals surface area contributed by atoms with Gasteiger partial charge in [0, 0.05) is 30.8 Å². The van der Waals surface area contributed by atoms with Crippen molar-refractivity contribution < 1.29 is 13.9 Å². The minimum Gasteiger partial charge on any atom is -0.457 e. The fraction of sp³-hybridized carbons (Fsp3) is 0.387. The van der Waals surface area contributed by atoms with E-state index in [2.05, 4.69) is 20.9 Å². The van der Waals surface area contributed by atoms with Gasteiger partial charge in [-0.3, -0.25) is 9.69 Å². The Morgan fingerprint density at radius 2 is 1.88 bits per heavy atom. The summed E-state index contributed by atoms with van der Waals surface area (Å²) in [5, 5.41) is 15.2. The Kier molecular flexibility index (Phi) is 7.71. The fourth-order valence-corrected chi connectivity index (χ4v) is 6.09. The highest BCUT2D eigenvalue weighted by Gasteiger charge is 2.36. The molecule has 3 atom stereocenters. The van der Waals surface area contributed by atoms with Gasteiger partial charge >= 0.3 is 0 Å². The third-order valence-electron chi connectivity index (χ3n) is 8.35. The number of halogens is 1. The van der Waals surface area contributed by atoms with Crippen molar-refractivity contribution in [2.75, 3.05) is 31.9 Å². The van der Waals surface area contributed by atoms with Gasteiger partial charge in [-0.1, -0.05) is 18.2 Å². The van der Waals surface area contributed by atoms with Gasteiger partial charge in [-0.15, -0.1) is 0 Å². The van der Waals surface area contributed by atoms with Gasteiger partial charge in [0.25, 0.3) is 0 Å². The molecule has 4 heterocycles. The number of hydrogen-bond acceptors (Lipinski definition) is 8. The monoisotopic (exact) mass is 568 g/mol. The number of rotatable bonds is 7. The maximum atomic E-state index is 15.6. The van der Waals surface area contributed by atoms with E-state index in [0.29, 0.717) is 41.3 Å². The quantitative estimate of drug-likeness (QED) is 0.337. The fourth-order valence-electron chi connectivity index (χ4n) is 6.09. The van der Waals surface area contributed by atoms with Gasteiger partial charge in [0.1, 0.15) is 41.1 Å². The molecule has 11 heteroatoms. The Labute approximate surface area is 243 Å². The molecule has 0 bridgehead atoms. The van der Waals surface area contributed by atoms with Crippen molar-refractivity contribution in [2.24, 2.45) is 5.92 Å². The number of nitrogen functional groups attached to an aromatic ring is 1. The molecule has 0 radical (unpaired) electrons. The van der Waals surface area contributed by atoms with E-state index >= 15 is 4.39 Å². The molecule has 2 N–H and O–H groups in total. The van der Waals surface area contributed by atoms with Crippen molar-refractivity contribution in [2.45, 2.75) is 44.7 Å². The first-order chi connectivity index (χ1) is 20.4. The van der Waals surface area contributed by atoms with Crippen molar-refractivity contribution in [3.63, 3.8) is 0 Å². The number of ether oxygens (including phenoxy) is 1. The number of benzene rings is 2. The summed E-state index contributed by atoms with van der Waals surface area (Å²) in [6.07, 6.45) is 5.03. The normalized spacial score (nSPS) is 19.0. The number of carbonyl (C=O) groups is 1. The largest absolute Gasteiger partial charge is 0.457 e. The van der Waals surface area contributed by atoms with Gasteiger partial charge in [0.2, 0.25) is 5.91 Å². The smallest absolute Gasteiger partial charge is 0.241 e. The topological polar surface area (TPSA) is 126 Å². The van der Waals surface area contributed by atoms with Gasteiger partial charge in [0.15, 0.2) is 5.65 Å². The number of amides is 1. The van der Waals surface area contributed by atoms with E-state index < -0.39 is 11.7 Å². The van der Waals surface area contributed by atoms with Gasteiger partial charge in [0.05, 0.1) is 17.5 Å². The Morgan fingerprint density at radius 1 is 1.10 bits per heavy atom. The summed E-state index contributed by atoms with van der Waals surface area (Å²) in [4.78, 5) is 26.2. The highest BCUT2D eigenvalue weighted by Crippen LogP contribution is 2.36. The molecule has 42 heavy (non-hydrogen) atoms. The maximum Gasteiger partial charge on any atom is 0.241 e. The lowest BCUT2D eigenvalue weighted by molar-refractivity contribution is -0.137. The molecule has 2 aromatic carbocycles. The zero-order chi connectivity index (χ0) is 29.2. The lowest BCUT2D eigenvalue weighted by Crippen LogP contribution is -2.48. The number of hydrogen-bond donors (Lipinski definition) is 1. The van der Waals surface area contributed by atoms with Gasteiger partial charge < -0.3 is 15.4 Å². The van der Waals surface area contributed by atoms with Crippen LogP contribution < -0.4 is 10.5 Å². The molecular weight excluding hydrogens is 535 g/mol. The van der Waals surface area contributed by atoms with Crippen LogP contribution in [0.4, 0.5) is 10.2 Å². The molecule has 0 spiro atoms. The highest BCUT2D eigenvalue weighted by molar-refractivity contribution is 5.98. The average molecular weight is 569 g/mol. The minimum atomic E-state index is -0.740. The zero-order valence-electron chi connectivity index (χ0n) is 23.5. The van der Waals surface area contributed by atoms with E-state index in [1.807, 2.05) is 25.1 Å². The SMILES string of the molecule is CC(C(C#N)C(=O)N1CCC[C@@H](n2nc(-c3ccc(Oc4ccccc4)cc3F)c3c(N)ncnc32)C1)N1CCCC1. The molecule has 10 nitrogen and oxygen atoms in total. The third-order valence-corrected chi connectivity index (χ3v) is 8.35. The van der Waals surface area contributed by atoms with Gasteiger partial charge in [-0.25, -0.2) is 19.0 Å². The van der Waals surface area contributed by atoms with Crippen LogP contribution in [0.15, 0.2) is 54.9 Å². The molecule has 216 valence electrons. The van der Waals surface area contributed by atoms with Crippen molar-refractivity contribution >= 4 is 22.8 Å². The Morgan fingerprint density at radius 3 is 2.62 bits per heavy atom. The van der Waals surface area contributed by atoms with Gasteiger partial charge in [-0.05, 0) is 70.0 Å². The molecule has 2 aromatic heterocycles. The first-order valence-corrected chi connectivity index (χ1v) is 14.4. The van der Waals surface area contributed by atoms with E-state index in [-0.39, 0.29) is 29.4 Å². The summed E-state index contributed by atoms with van der Waals surface area (Å²) in [6, 6.07) is 15.7. The molecule has 1 amide bonds. The average Bonchev–Trinajstić information content (AvgIpc) is 3.68. The molecule has 6 rings (SSSR count). The molecule has 2 unspecified atom stereocenters. The summed E-state index contributed by atoms with van der Waals surface area (Å²) < 4.78 is 23.1. The number of nitrogens with zero attached hydrogens (tertiary/aromatic N) is 7. The van der Waals surface area contributed by atoms with Crippen LogP contribution in [0, 0.1) is 23.1 Å². The second-order valence-electron chi connectivity index (χ2n) is 11.0. The molecule has 2 aliphatic rings. The number of carbonyl (C=O) groups excluding carboxylic acids is 1. The van der Waals surface area contributed by atoms with Crippen LogP contribution in [0.2, 0.25) is 0 Å². The first-order valence-electron chi connectivity index (χ1n) is 14.4. The number of piperidine rings is 1. The van der Waals surface area contributed by atoms with E-state index in [1.54, 1.807) is 33.8 Å². The molecular formula is C31H33FN8O2. The van der Waals surface area contributed by atoms with E-state index in [1.165, 1.54) is 12.4 Å². The number of nitriles is 1. The van der Waals surface area contributed by atoms with E-state index in [9.17, 15) is 10.1 Å². The molecule has 2 aliphatic heterocycles. The summed E-state index contributed by atoms with van der Waals surface area (Å²) in [5.74, 6) is -0.277. The molecule has 2 fully saturated rings. The third kappa shape index (κ3) is 5.25. The minimum absolute atomic E-state index is 0.146. The predicted molar refractivity (Wildman–Crippen MR) is 156 cm³/mol. The zero-order valence-corrected chi connectivity index (χ0v) is 23.5. The number of para-hydroxylation sites is 1. The lowest BCUT2D eigenvalue weighted by Gasteiger charge is -2.36. The molecule has 0 saturated carbocycles. The van der Waals surface area contributed by atoms with Crippen molar-refractivity contribution in [1.82, 2.24) is 29.5 Å². The number of nitrogens with two attached hydrogens (primary N) is 1. The highest BCUT2D eigenvalue weighted by atomic mass is 19.1. The summed E-state index contributed by atoms with van der Waals surface area (Å²) in [5.41, 5.74) is 7.33. The Balaban J connectivity index is 1.29. The predicted octanol–water partition coefficient (Wildman–Crippen LogP) is 4.79.